The van der Waals surface area contributed by atoms with E-state index in [0.29, 0.717) is 18.0 Å². The van der Waals surface area contributed by atoms with E-state index in [9.17, 15) is 13.2 Å². The number of carbonyl (C=O) groups excluding carboxylic acids is 1. The molecule has 0 saturated heterocycles. The molecule has 0 radical (unpaired) electrons. The largest absolute Gasteiger partial charge is 0.361 e. The number of ketones is 1. The lowest BCUT2D eigenvalue weighted by Crippen LogP contribution is -2.49. The lowest BCUT2D eigenvalue weighted by molar-refractivity contribution is -0.120. The fourth-order valence-corrected chi connectivity index (χ4v) is 3.67. The van der Waals surface area contributed by atoms with E-state index in [1.165, 1.54) is 25.2 Å². The Morgan fingerprint density at radius 2 is 1.83 bits per heavy atom. The SMILES string of the molecule is CCCCN(C)S(=O)(=O)C(C)(C)C(=O)Cc1cc(C(C)(C)C)on1. The van der Waals surface area contributed by atoms with Gasteiger partial charge in [-0.2, -0.15) is 0 Å². The number of carbonyl (C=O) groups is 1. The van der Waals surface area contributed by atoms with Crippen molar-refractivity contribution in [3.05, 3.63) is 17.5 Å². The molecule has 24 heavy (non-hydrogen) atoms. The monoisotopic (exact) mass is 358 g/mol. The summed E-state index contributed by atoms with van der Waals surface area (Å²) in [5.41, 5.74) is 0.250. The second kappa shape index (κ2) is 7.35. The molecule has 0 fully saturated rings. The van der Waals surface area contributed by atoms with Gasteiger partial charge in [0.1, 0.15) is 10.5 Å². The van der Waals surface area contributed by atoms with Crippen LogP contribution in [0, 0.1) is 0 Å². The fraction of sp³-hybridized carbons (Fsp3) is 0.765. The normalized spacial score (nSPS) is 13.5. The van der Waals surface area contributed by atoms with Crippen LogP contribution >= 0.6 is 0 Å². The van der Waals surface area contributed by atoms with Gasteiger partial charge in [0.15, 0.2) is 5.78 Å². The van der Waals surface area contributed by atoms with E-state index in [-0.39, 0.29) is 17.6 Å². The van der Waals surface area contributed by atoms with Crippen LogP contribution in [0.5, 0.6) is 0 Å². The summed E-state index contributed by atoms with van der Waals surface area (Å²) < 4.78 is 30.5. The van der Waals surface area contributed by atoms with Gasteiger partial charge in [-0.1, -0.05) is 39.3 Å². The van der Waals surface area contributed by atoms with Gasteiger partial charge < -0.3 is 4.52 Å². The van der Waals surface area contributed by atoms with Crippen LogP contribution in [0.2, 0.25) is 0 Å². The Balaban J connectivity index is 2.94. The van der Waals surface area contributed by atoms with Gasteiger partial charge in [-0.25, -0.2) is 12.7 Å². The van der Waals surface area contributed by atoms with Gasteiger partial charge in [0.2, 0.25) is 10.0 Å². The van der Waals surface area contributed by atoms with Crippen LogP contribution in [0.1, 0.15) is 65.8 Å². The van der Waals surface area contributed by atoms with Gasteiger partial charge in [-0.3, -0.25) is 4.79 Å². The zero-order valence-corrected chi connectivity index (χ0v) is 16.7. The van der Waals surface area contributed by atoms with Crippen LogP contribution in [-0.4, -0.2) is 42.0 Å². The van der Waals surface area contributed by atoms with Crippen molar-refractivity contribution in [3.63, 3.8) is 0 Å². The van der Waals surface area contributed by atoms with Gasteiger partial charge in [-0.15, -0.1) is 0 Å². The zero-order valence-electron chi connectivity index (χ0n) is 15.8. The number of nitrogens with zero attached hydrogens (tertiary/aromatic N) is 2. The van der Waals surface area contributed by atoms with Crippen LogP contribution in [0.25, 0.3) is 0 Å². The molecule has 7 heteroatoms. The maximum Gasteiger partial charge on any atom is 0.226 e. The zero-order chi connectivity index (χ0) is 18.8. The first-order chi connectivity index (χ1) is 10.8. The predicted molar refractivity (Wildman–Crippen MR) is 94.5 cm³/mol. The van der Waals surface area contributed by atoms with Crippen LogP contribution < -0.4 is 0 Å². The molecule has 0 saturated carbocycles. The summed E-state index contributed by atoms with van der Waals surface area (Å²) in [5.74, 6) is 0.283. The van der Waals surface area contributed by atoms with Gasteiger partial charge in [-0.05, 0) is 20.3 Å². The van der Waals surface area contributed by atoms with Crippen molar-refractivity contribution in [3.8, 4) is 0 Å². The highest BCUT2D eigenvalue weighted by atomic mass is 32.2. The molecule has 1 aromatic rings. The summed E-state index contributed by atoms with van der Waals surface area (Å²) in [6.07, 6.45) is 1.59. The Bertz CT molecular complexity index is 669. The Kier molecular flexibility index (Phi) is 6.38. The minimum atomic E-state index is -3.73. The topological polar surface area (TPSA) is 80.5 Å². The number of hydrogen-bond donors (Lipinski definition) is 0. The van der Waals surface area contributed by atoms with Crippen LogP contribution in [0.15, 0.2) is 10.6 Å². The van der Waals surface area contributed by atoms with Crippen molar-refractivity contribution >= 4 is 15.8 Å². The summed E-state index contributed by atoms with van der Waals surface area (Å²) in [7, 11) is -2.20. The van der Waals surface area contributed by atoms with Gasteiger partial charge in [0.25, 0.3) is 0 Å². The van der Waals surface area contributed by atoms with Crippen molar-refractivity contribution in [1.82, 2.24) is 9.46 Å². The molecule has 1 heterocycles. The molecule has 0 aromatic carbocycles. The minimum absolute atomic E-state index is 0.0621. The second-order valence-corrected chi connectivity index (χ2v) is 10.3. The molecule has 0 bridgehead atoms. The molecule has 1 rings (SSSR count). The molecule has 0 aliphatic rings. The van der Waals surface area contributed by atoms with Crippen molar-refractivity contribution in [1.29, 1.82) is 0 Å². The van der Waals surface area contributed by atoms with Gasteiger partial charge >= 0.3 is 0 Å². The average Bonchev–Trinajstić information content (AvgIpc) is 2.92. The van der Waals surface area contributed by atoms with Gasteiger partial charge in [0.05, 0.1) is 12.1 Å². The van der Waals surface area contributed by atoms with Crippen molar-refractivity contribution in [2.75, 3.05) is 13.6 Å². The number of hydrogen-bond acceptors (Lipinski definition) is 5. The Hall–Kier alpha value is -1.21. The standard InChI is InChI=1S/C17H30N2O4S/c1-8-9-10-19(7)24(21,22)17(5,6)14(20)11-13-12-15(23-18-13)16(2,3)4/h12H,8-11H2,1-7H3. The summed E-state index contributed by atoms with van der Waals surface area (Å²) in [5, 5.41) is 3.91. The quantitative estimate of drug-likeness (QED) is 0.714. The van der Waals surface area contributed by atoms with E-state index in [0.717, 1.165) is 12.8 Å². The maximum atomic E-state index is 12.7. The molecule has 138 valence electrons. The maximum absolute atomic E-state index is 12.7. The van der Waals surface area contributed by atoms with Crippen molar-refractivity contribution in [2.24, 2.45) is 0 Å². The third kappa shape index (κ3) is 4.45. The van der Waals surface area contributed by atoms with Crippen LogP contribution in [-0.2, 0) is 26.7 Å². The van der Waals surface area contributed by atoms with Gasteiger partial charge in [0, 0.05) is 25.1 Å². The van der Waals surface area contributed by atoms with E-state index in [1.807, 2.05) is 27.7 Å². The highest BCUT2D eigenvalue weighted by Gasteiger charge is 2.43. The third-order valence-corrected chi connectivity index (χ3v) is 6.71. The molecular formula is C17H30N2O4S. The number of aromatic nitrogens is 1. The third-order valence-electron chi connectivity index (χ3n) is 4.19. The summed E-state index contributed by atoms with van der Waals surface area (Å²) in [6.45, 7) is 11.3. The average molecular weight is 359 g/mol. The molecule has 0 spiro atoms. The Morgan fingerprint density at radius 1 is 1.25 bits per heavy atom. The van der Waals surface area contributed by atoms with Crippen molar-refractivity contribution < 1.29 is 17.7 Å². The number of rotatable bonds is 8. The molecular weight excluding hydrogens is 328 g/mol. The van der Waals surface area contributed by atoms with Crippen LogP contribution in [0.3, 0.4) is 0 Å². The minimum Gasteiger partial charge on any atom is -0.361 e. The molecule has 0 atom stereocenters. The van der Waals surface area contributed by atoms with E-state index < -0.39 is 14.8 Å². The Labute approximate surface area is 145 Å². The number of sulfonamides is 1. The predicted octanol–water partition coefficient (Wildman–Crippen LogP) is 2.92. The second-order valence-electron chi connectivity index (χ2n) is 7.72. The summed E-state index contributed by atoms with van der Waals surface area (Å²) >= 11 is 0. The molecule has 0 unspecified atom stereocenters. The van der Waals surface area contributed by atoms with E-state index in [1.54, 1.807) is 6.07 Å². The molecule has 6 nitrogen and oxygen atoms in total. The lowest BCUT2D eigenvalue weighted by Gasteiger charge is -2.28. The molecule has 0 N–H and O–H groups in total. The fourth-order valence-electron chi connectivity index (χ4n) is 2.16. The molecule has 0 amide bonds. The first kappa shape index (κ1) is 20.8. The molecule has 0 aliphatic carbocycles. The number of Topliss-reactive ketones (excluding diaryl/α,β-unsaturated/α-hetero) is 1. The highest BCUT2D eigenvalue weighted by Crippen LogP contribution is 2.26. The first-order valence-corrected chi connectivity index (χ1v) is 9.73. The van der Waals surface area contributed by atoms with E-state index in [4.69, 9.17) is 4.52 Å². The van der Waals surface area contributed by atoms with E-state index in [2.05, 4.69) is 5.16 Å². The molecule has 1 aromatic heterocycles. The summed E-state index contributed by atoms with van der Waals surface area (Å²) in [4.78, 5) is 12.6. The number of unbranched alkanes of at least 4 members (excludes halogenated alkanes) is 1. The smallest absolute Gasteiger partial charge is 0.226 e. The highest BCUT2D eigenvalue weighted by molar-refractivity contribution is 7.91. The van der Waals surface area contributed by atoms with E-state index >= 15 is 0 Å². The first-order valence-electron chi connectivity index (χ1n) is 8.29. The lowest BCUT2D eigenvalue weighted by atomic mass is 9.92. The van der Waals surface area contributed by atoms with Crippen molar-refractivity contribution in [2.45, 2.75) is 71.0 Å². The summed E-state index contributed by atoms with van der Waals surface area (Å²) in [6, 6.07) is 1.72. The van der Waals surface area contributed by atoms with Crippen LogP contribution in [0.4, 0.5) is 0 Å². The Morgan fingerprint density at radius 3 is 2.29 bits per heavy atom. The molecule has 0 aliphatic heterocycles.